The minimum atomic E-state index is -0.184. The SMILES string of the molecule is CN1CCOC(c2ccc(NC(=O)c3ccc(Cl)cc3)cc2)C1.O=C(Nc1ccc(C2CCNC2)cc1)c1ccc2ccccc2n1. The summed E-state index contributed by atoms with van der Waals surface area (Å²) >= 11 is 5.83. The molecule has 5 aromatic rings. The lowest BCUT2D eigenvalue weighted by molar-refractivity contribution is -0.0208. The number of ether oxygens (including phenoxy) is 1. The van der Waals surface area contributed by atoms with Crippen molar-refractivity contribution in [2.75, 3.05) is 50.5 Å². The van der Waals surface area contributed by atoms with E-state index in [2.05, 4.69) is 45.0 Å². The van der Waals surface area contributed by atoms with Crippen molar-refractivity contribution >= 4 is 45.7 Å². The van der Waals surface area contributed by atoms with Crippen LogP contribution in [-0.2, 0) is 4.74 Å². The standard InChI is InChI=1S/C20H19N3O.C18H19ClN2O2/c24-20(19-10-7-15-3-1-2-4-18(15)23-19)22-17-8-5-14(6-9-17)16-11-12-21-13-16;1-21-10-11-23-17(12-21)13-4-8-16(9-5-13)20-18(22)14-2-6-15(19)7-3-14/h1-10,16,21H,11-13H2,(H,22,24);2-9,17H,10-12H2,1H3,(H,20,22). The molecule has 2 saturated heterocycles. The van der Waals surface area contributed by atoms with Crippen molar-refractivity contribution in [2.24, 2.45) is 0 Å². The zero-order chi connectivity index (χ0) is 32.6. The topological polar surface area (TPSA) is 95.6 Å². The Labute approximate surface area is 280 Å². The summed E-state index contributed by atoms with van der Waals surface area (Å²) in [6.07, 6.45) is 1.27. The van der Waals surface area contributed by atoms with Gasteiger partial charge in [0.05, 0.1) is 18.2 Å². The summed E-state index contributed by atoms with van der Waals surface area (Å²) < 4.78 is 5.79. The first kappa shape index (κ1) is 32.3. The Morgan fingerprint density at radius 2 is 1.51 bits per heavy atom. The number of fused-ring (bicyclic) bond motifs is 1. The maximum Gasteiger partial charge on any atom is 0.274 e. The van der Waals surface area contributed by atoms with Crippen molar-refractivity contribution in [1.82, 2.24) is 15.2 Å². The van der Waals surface area contributed by atoms with Crippen LogP contribution in [0.15, 0.2) is 109 Å². The Bertz CT molecular complexity index is 1810. The molecule has 3 heterocycles. The number of rotatable bonds is 6. The minimum Gasteiger partial charge on any atom is -0.371 e. The van der Waals surface area contributed by atoms with Gasteiger partial charge in [-0.2, -0.15) is 0 Å². The first-order valence-electron chi connectivity index (χ1n) is 15.9. The van der Waals surface area contributed by atoms with Gasteiger partial charge in [0.15, 0.2) is 0 Å². The molecule has 0 radical (unpaired) electrons. The number of carbonyl (C=O) groups is 2. The molecule has 2 aliphatic heterocycles. The molecular formula is C38H38ClN5O3. The number of para-hydroxylation sites is 1. The summed E-state index contributed by atoms with van der Waals surface area (Å²) in [4.78, 5) is 31.3. The van der Waals surface area contributed by atoms with Crippen LogP contribution in [0.2, 0.25) is 5.02 Å². The van der Waals surface area contributed by atoms with Crippen LogP contribution in [0.4, 0.5) is 11.4 Å². The predicted octanol–water partition coefficient (Wildman–Crippen LogP) is 7.16. The zero-order valence-electron chi connectivity index (χ0n) is 26.3. The third-order valence-electron chi connectivity index (χ3n) is 8.45. The Morgan fingerprint density at radius 1 is 0.830 bits per heavy atom. The molecule has 2 amide bonds. The van der Waals surface area contributed by atoms with Gasteiger partial charge >= 0.3 is 0 Å². The fourth-order valence-corrected chi connectivity index (χ4v) is 5.86. The van der Waals surface area contributed by atoms with Gasteiger partial charge in [-0.15, -0.1) is 0 Å². The highest BCUT2D eigenvalue weighted by atomic mass is 35.5. The largest absolute Gasteiger partial charge is 0.371 e. The normalized spacial score (nSPS) is 17.8. The number of aromatic nitrogens is 1. The van der Waals surface area contributed by atoms with E-state index in [1.165, 1.54) is 12.0 Å². The van der Waals surface area contributed by atoms with Crippen molar-refractivity contribution in [3.63, 3.8) is 0 Å². The average Bonchev–Trinajstić information content (AvgIpc) is 3.65. The number of amides is 2. The summed E-state index contributed by atoms with van der Waals surface area (Å²) in [6.45, 7) is 4.71. The molecule has 7 rings (SSSR count). The van der Waals surface area contributed by atoms with Crippen molar-refractivity contribution in [3.8, 4) is 0 Å². The van der Waals surface area contributed by atoms with Crippen molar-refractivity contribution in [1.29, 1.82) is 0 Å². The van der Waals surface area contributed by atoms with E-state index in [4.69, 9.17) is 16.3 Å². The molecule has 240 valence electrons. The van der Waals surface area contributed by atoms with Crippen LogP contribution in [0, 0.1) is 0 Å². The van der Waals surface area contributed by atoms with Gasteiger partial charge < -0.3 is 25.6 Å². The van der Waals surface area contributed by atoms with Gasteiger partial charge in [0, 0.05) is 47.0 Å². The Balaban J connectivity index is 0.000000165. The molecule has 0 aliphatic carbocycles. The predicted molar refractivity (Wildman–Crippen MR) is 188 cm³/mol. The summed E-state index contributed by atoms with van der Waals surface area (Å²) in [5.41, 5.74) is 5.84. The van der Waals surface area contributed by atoms with Gasteiger partial charge in [-0.05, 0) is 97.7 Å². The molecule has 0 bridgehead atoms. The summed E-state index contributed by atoms with van der Waals surface area (Å²) in [5.74, 6) is 0.246. The number of anilines is 2. The molecule has 2 fully saturated rings. The van der Waals surface area contributed by atoms with Crippen molar-refractivity contribution in [2.45, 2.75) is 18.4 Å². The van der Waals surface area contributed by atoms with E-state index < -0.39 is 0 Å². The Morgan fingerprint density at radius 3 is 2.19 bits per heavy atom. The van der Waals surface area contributed by atoms with E-state index >= 15 is 0 Å². The number of likely N-dealkylation sites (N-methyl/N-ethyl adjacent to an activating group) is 1. The molecule has 4 aromatic carbocycles. The smallest absolute Gasteiger partial charge is 0.274 e. The van der Waals surface area contributed by atoms with Crippen LogP contribution in [0.1, 0.15) is 50.4 Å². The summed E-state index contributed by atoms with van der Waals surface area (Å²) in [6, 6.07) is 34.2. The fraction of sp³-hybridized carbons (Fsp3) is 0.237. The number of nitrogens with zero attached hydrogens (tertiary/aromatic N) is 2. The van der Waals surface area contributed by atoms with E-state index in [-0.39, 0.29) is 17.9 Å². The number of carbonyl (C=O) groups excluding carboxylic acids is 2. The first-order chi connectivity index (χ1) is 22.9. The molecule has 8 nitrogen and oxygen atoms in total. The van der Waals surface area contributed by atoms with E-state index in [0.29, 0.717) is 22.2 Å². The maximum atomic E-state index is 12.4. The number of benzene rings is 4. The van der Waals surface area contributed by atoms with Crippen LogP contribution >= 0.6 is 11.6 Å². The second-order valence-electron chi connectivity index (χ2n) is 11.9. The zero-order valence-corrected chi connectivity index (χ0v) is 27.0. The van der Waals surface area contributed by atoms with Gasteiger partial charge in [0.1, 0.15) is 5.69 Å². The molecule has 2 atom stereocenters. The number of hydrogen-bond acceptors (Lipinski definition) is 6. The molecule has 2 unspecified atom stereocenters. The molecular weight excluding hydrogens is 610 g/mol. The van der Waals surface area contributed by atoms with Gasteiger partial charge in [0.2, 0.25) is 0 Å². The number of morpholine rings is 1. The van der Waals surface area contributed by atoms with Gasteiger partial charge in [0.25, 0.3) is 11.8 Å². The monoisotopic (exact) mass is 647 g/mol. The van der Waals surface area contributed by atoms with Crippen LogP contribution < -0.4 is 16.0 Å². The lowest BCUT2D eigenvalue weighted by atomic mass is 9.98. The molecule has 9 heteroatoms. The number of halogens is 1. The number of pyridine rings is 1. The molecule has 1 aromatic heterocycles. The highest BCUT2D eigenvalue weighted by molar-refractivity contribution is 6.30. The highest BCUT2D eigenvalue weighted by Gasteiger charge is 2.20. The molecule has 0 spiro atoms. The maximum absolute atomic E-state index is 12.4. The lowest BCUT2D eigenvalue weighted by Crippen LogP contribution is -2.35. The third-order valence-corrected chi connectivity index (χ3v) is 8.70. The van der Waals surface area contributed by atoms with Gasteiger partial charge in [-0.1, -0.05) is 60.1 Å². The minimum absolute atomic E-state index is 0.0924. The van der Waals surface area contributed by atoms with Gasteiger partial charge in [-0.25, -0.2) is 4.98 Å². The third kappa shape index (κ3) is 8.61. The van der Waals surface area contributed by atoms with E-state index in [9.17, 15) is 9.59 Å². The summed E-state index contributed by atoms with van der Waals surface area (Å²) in [5, 5.41) is 10.8. The molecule has 2 aliphatic rings. The first-order valence-corrected chi connectivity index (χ1v) is 16.2. The van der Waals surface area contributed by atoms with Crippen LogP contribution in [0.5, 0.6) is 0 Å². The average molecular weight is 648 g/mol. The van der Waals surface area contributed by atoms with Crippen molar-refractivity contribution in [3.05, 3.63) is 137 Å². The van der Waals surface area contributed by atoms with Crippen LogP contribution in [0.25, 0.3) is 10.9 Å². The van der Waals surface area contributed by atoms with E-state index in [1.54, 1.807) is 30.3 Å². The van der Waals surface area contributed by atoms with E-state index in [1.807, 2.05) is 66.7 Å². The van der Waals surface area contributed by atoms with E-state index in [0.717, 1.165) is 60.6 Å². The second kappa shape index (κ2) is 15.3. The Kier molecular flexibility index (Phi) is 10.5. The summed E-state index contributed by atoms with van der Waals surface area (Å²) in [7, 11) is 2.09. The number of hydrogen-bond donors (Lipinski definition) is 3. The van der Waals surface area contributed by atoms with Gasteiger partial charge in [-0.3, -0.25) is 9.59 Å². The van der Waals surface area contributed by atoms with Crippen molar-refractivity contribution < 1.29 is 14.3 Å². The van der Waals surface area contributed by atoms with Crippen LogP contribution in [-0.4, -0.2) is 61.5 Å². The molecule has 0 saturated carbocycles. The lowest BCUT2D eigenvalue weighted by Gasteiger charge is -2.30. The highest BCUT2D eigenvalue weighted by Crippen LogP contribution is 2.25. The Hall–Kier alpha value is -4.60. The molecule has 3 N–H and O–H groups in total. The second-order valence-corrected chi connectivity index (χ2v) is 12.3. The number of nitrogens with one attached hydrogen (secondary N) is 3. The fourth-order valence-electron chi connectivity index (χ4n) is 5.73. The molecule has 47 heavy (non-hydrogen) atoms. The van der Waals surface area contributed by atoms with Crippen LogP contribution in [0.3, 0.4) is 0 Å². The quantitative estimate of drug-likeness (QED) is 0.181.